The number of aliphatic carboxylic acids is 1. The van der Waals surface area contributed by atoms with Gasteiger partial charge < -0.3 is 5.11 Å². The first-order chi connectivity index (χ1) is 8.27. The summed E-state index contributed by atoms with van der Waals surface area (Å²) in [5, 5.41) is 17.1. The van der Waals surface area contributed by atoms with Crippen molar-refractivity contribution >= 4 is 11.8 Å². The van der Waals surface area contributed by atoms with Gasteiger partial charge in [0.25, 0.3) is 5.78 Å². The van der Waals surface area contributed by atoms with Gasteiger partial charge in [-0.15, -0.1) is 0 Å². The molecule has 0 saturated carbocycles. The summed E-state index contributed by atoms with van der Waals surface area (Å²) in [4.78, 5) is 21.6. The topological polar surface area (TPSA) is 78.2 Å². The first kappa shape index (κ1) is 13.7. The van der Waals surface area contributed by atoms with Gasteiger partial charge in [0.05, 0.1) is 11.6 Å². The normalized spacial score (nSPS) is 12.6. The SMILES string of the molecule is N#CC(C(=O)C(=O)O)c1cccc(C(F)(F)F)c1. The van der Waals surface area contributed by atoms with Crippen molar-refractivity contribution in [3.8, 4) is 6.07 Å². The number of benzene rings is 1. The number of carboxylic acid groups (broad SMARTS) is 1. The minimum Gasteiger partial charge on any atom is -0.475 e. The molecule has 0 aromatic heterocycles. The van der Waals surface area contributed by atoms with Gasteiger partial charge in [-0.2, -0.15) is 18.4 Å². The number of carbonyl (C=O) groups is 2. The van der Waals surface area contributed by atoms with E-state index in [1.807, 2.05) is 0 Å². The van der Waals surface area contributed by atoms with Gasteiger partial charge in [0.15, 0.2) is 0 Å². The van der Waals surface area contributed by atoms with Gasteiger partial charge in [0.1, 0.15) is 5.92 Å². The maximum Gasteiger partial charge on any atom is 0.416 e. The molecule has 94 valence electrons. The van der Waals surface area contributed by atoms with Crippen LogP contribution in [0, 0.1) is 11.3 Å². The van der Waals surface area contributed by atoms with E-state index in [1.165, 1.54) is 6.07 Å². The number of carbonyl (C=O) groups excluding carboxylic acids is 1. The second-order valence-electron chi connectivity index (χ2n) is 3.35. The largest absolute Gasteiger partial charge is 0.475 e. The summed E-state index contributed by atoms with van der Waals surface area (Å²) in [6.07, 6.45) is -4.62. The molecule has 0 amide bonds. The Hall–Kier alpha value is -2.36. The molecule has 0 aliphatic rings. The highest BCUT2D eigenvalue weighted by Crippen LogP contribution is 2.31. The van der Waals surface area contributed by atoms with Crippen molar-refractivity contribution in [3.63, 3.8) is 0 Å². The molecule has 0 bridgehead atoms. The Kier molecular flexibility index (Phi) is 3.71. The zero-order chi connectivity index (χ0) is 13.9. The predicted molar refractivity (Wildman–Crippen MR) is 52.4 cm³/mol. The molecule has 0 spiro atoms. The molecule has 0 aliphatic heterocycles. The number of hydrogen-bond acceptors (Lipinski definition) is 3. The number of carboxylic acids is 1. The van der Waals surface area contributed by atoms with Gasteiger partial charge in [0, 0.05) is 0 Å². The van der Waals surface area contributed by atoms with Gasteiger partial charge in [-0.3, -0.25) is 4.79 Å². The molecule has 0 fully saturated rings. The summed E-state index contributed by atoms with van der Waals surface area (Å²) in [5.41, 5.74) is -1.34. The zero-order valence-corrected chi connectivity index (χ0v) is 8.73. The standard InChI is InChI=1S/C11H6F3NO3/c12-11(13,14)7-3-1-2-6(4-7)8(5-15)9(16)10(17)18/h1-4,8H,(H,17,18). The number of alkyl halides is 3. The van der Waals surface area contributed by atoms with Crippen molar-refractivity contribution in [2.24, 2.45) is 0 Å². The molecule has 1 N–H and O–H groups in total. The van der Waals surface area contributed by atoms with E-state index in [9.17, 15) is 22.8 Å². The fraction of sp³-hybridized carbons (Fsp3) is 0.182. The highest BCUT2D eigenvalue weighted by atomic mass is 19.4. The Morgan fingerprint density at radius 3 is 2.39 bits per heavy atom. The maximum absolute atomic E-state index is 12.4. The Bertz CT molecular complexity index is 531. The number of nitrogens with zero attached hydrogens (tertiary/aromatic N) is 1. The number of Topliss-reactive ketones (excluding diaryl/α,β-unsaturated/α-hetero) is 1. The van der Waals surface area contributed by atoms with Crippen molar-refractivity contribution in [2.45, 2.75) is 12.1 Å². The van der Waals surface area contributed by atoms with E-state index in [0.29, 0.717) is 6.07 Å². The van der Waals surface area contributed by atoms with Crippen LogP contribution in [-0.4, -0.2) is 16.9 Å². The molecule has 4 nitrogen and oxygen atoms in total. The summed E-state index contributed by atoms with van der Waals surface area (Å²) in [6, 6.07) is 4.85. The minimum absolute atomic E-state index is 0.292. The second kappa shape index (κ2) is 4.87. The van der Waals surface area contributed by atoms with Crippen LogP contribution >= 0.6 is 0 Å². The van der Waals surface area contributed by atoms with E-state index in [1.54, 1.807) is 0 Å². The van der Waals surface area contributed by atoms with Gasteiger partial charge in [-0.1, -0.05) is 18.2 Å². The number of ketones is 1. The molecule has 1 aromatic carbocycles. The molecule has 0 saturated heterocycles. The third-order valence-corrected chi connectivity index (χ3v) is 2.15. The lowest BCUT2D eigenvalue weighted by Crippen LogP contribution is -2.21. The summed E-state index contributed by atoms with van der Waals surface area (Å²) in [5.74, 6) is -5.07. The lowest BCUT2D eigenvalue weighted by molar-refractivity contribution is -0.149. The number of halogens is 3. The molecule has 0 radical (unpaired) electrons. The fourth-order valence-electron chi connectivity index (χ4n) is 1.30. The Balaban J connectivity index is 3.21. The lowest BCUT2D eigenvalue weighted by atomic mass is 9.94. The maximum atomic E-state index is 12.4. The van der Waals surface area contributed by atoms with Gasteiger partial charge in [0.2, 0.25) is 0 Å². The first-order valence-electron chi connectivity index (χ1n) is 4.61. The van der Waals surface area contributed by atoms with Crippen molar-refractivity contribution < 1.29 is 27.9 Å². The summed E-state index contributed by atoms with van der Waals surface area (Å²) >= 11 is 0. The highest BCUT2D eigenvalue weighted by molar-refractivity contribution is 6.35. The van der Waals surface area contributed by atoms with Gasteiger partial charge >= 0.3 is 12.1 Å². The molecule has 1 rings (SSSR count). The zero-order valence-electron chi connectivity index (χ0n) is 8.73. The third kappa shape index (κ3) is 2.85. The van der Waals surface area contributed by atoms with E-state index >= 15 is 0 Å². The van der Waals surface area contributed by atoms with E-state index in [-0.39, 0.29) is 5.56 Å². The van der Waals surface area contributed by atoms with Crippen LogP contribution < -0.4 is 0 Å². The molecule has 18 heavy (non-hydrogen) atoms. The van der Waals surface area contributed by atoms with Crippen LogP contribution in [-0.2, 0) is 15.8 Å². The number of nitriles is 1. The molecule has 0 heterocycles. The van der Waals surface area contributed by atoms with Crippen LogP contribution in [0.1, 0.15) is 17.0 Å². The average molecular weight is 257 g/mol. The first-order valence-corrected chi connectivity index (χ1v) is 4.61. The molecular formula is C11H6F3NO3. The average Bonchev–Trinajstić information content (AvgIpc) is 2.29. The molecule has 7 heteroatoms. The Morgan fingerprint density at radius 2 is 1.94 bits per heavy atom. The molecule has 1 atom stereocenters. The predicted octanol–water partition coefficient (Wildman–Crippen LogP) is 1.97. The van der Waals surface area contributed by atoms with Crippen LogP contribution in [0.15, 0.2) is 24.3 Å². The number of hydrogen-bond donors (Lipinski definition) is 1. The van der Waals surface area contributed by atoms with Crippen molar-refractivity contribution in [1.82, 2.24) is 0 Å². The van der Waals surface area contributed by atoms with Crippen molar-refractivity contribution in [1.29, 1.82) is 5.26 Å². The smallest absolute Gasteiger partial charge is 0.416 e. The van der Waals surface area contributed by atoms with E-state index < -0.39 is 29.4 Å². The van der Waals surface area contributed by atoms with Crippen LogP contribution in [0.3, 0.4) is 0 Å². The molecular weight excluding hydrogens is 251 g/mol. The lowest BCUT2D eigenvalue weighted by Gasteiger charge is -2.10. The van der Waals surface area contributed by atoms with Crippen molar-refractivity contribution in [3.05, 3.63) is 35.4 Å². The van der Waals surface area contributed by atoms with Crippen LogP contribution in [0.25, 0.3) is 0 Å². The van der Waals surface area contributed by atoms with Crippen LogP contribution in [0.2, 0.25) is 0 Å². The van der Waals surface area contributed by atoms with E-state index in [4.69, 9.17) is 10.4 Å². The monoisotopic (exact) mass is 257 g/mol. The van der Waals surface area contributed by atoms with Crippen molar-refractivity contribution in [2.75, 3.05) is 0 Å². The van der Waals surface area contributed by atoms with E-state index in [0.717, 1.165) is 18.2 Å². The van der Waals surface area contributed by atoms with Crippen LogP contribution in [0.4, 0.5) is 13.2 Å². The molecule has 0 aliphatic carbocycles. The van der Waals surface area contributed by atoms with E-state index in [2.05, 4.69) is 0 Å². The van der Waals surface area contributed by atoms with Crippen LogP contribution in [0.5, 0.6) is 0 Å². The quantitative estimate of drug-likeness (QED) is 0.839. The van der Waals surface area contributed by atoms with Gasteiger partial charge in [-0.05, 0) is 11.6 Å². The molecule has 1 aromatic rings. The fourth-order valence-corrected chi connectivity index (χ4v) is 1.30. The molecule has 1 unspecified atom stereocenters. The summed E-state index contributed by atoms with van der Waals surface area (Å²) in [6.45, 7) is 0. The highest BCUT2D eigenvalue weighted by Gasteiger charge is 2.33. The summed E-state index contributed by atoms with van der Waals surface area (Å²) < 4.78 is 37.2. The minimum atomic E-state index is -4.62. The Morgan fingerprint density at radius 1 is 1.33 bits per heavy atom. The Labute approximate surface area is 99.3 Å². The van der Waals surface area contributed by atoms with Gasteiger partial charge in [-0.25, -0.2) is 4.79 Å². The second-order valence-corrected chi connectivity index (χ2v) is 3.35. The number of rotatable bonds is 3. The summed E-state index contributed by atoms with van der Waals surface area (Å²) in [7, 11) is 0. The third-order valence-electron chi connectivity index (χ3n) is 2.15.